The van der Waals surface area contributed by atoms with Crippen molar-refractivity contribution in [3.63, 3.8) is 0 Å². The Morgan fingerprint density at radius 1 is 1.47 bits per heavy atom. The van der Waals surface area contributed by atoms with Gasteiger partial charge in [0.2, 0.25) is 0 Å². The van der Waals surface area contributed by atoms with Crippen LogP contribution in [0.25, 0.3) is 0 Å². The minimum absolute atomic E-state index is 0.698. The normalized spacial score (nSPS) is 20.3. The second-order valence-electron chi connectivity index (χ2n) is 4.45. The molecule has 2 rings (SSSR count). The quantitative estimate of drug-likeness (QED) is 0.747. The van der Waals surface area contributed by atoms with Gasteiger partial charge >= 0.3 is 0 Å². The maximum atomic E-state index is 5.98. The molecule has 0 amide bonds. The zero-order valence-corrected chi connectivity index (χ0v) is 9.66. The topological polar surface area (TPSA) is 29.3 Å². The molecule has 0 fully saturated rings. The summed E-state index contributed by atoms with van der Waals surface area (Å²) in [5, 5.41) is 0. The molecule has 0 saturated heterocycles. The monoisotopic (exact) mass is 204 g/mol. The SMILES string of the molecule is CCN(C)C1CCc2c(N)cccc2C1. The van der Waals surface area contributed by atoms with Gasteiger partial charge in [-0.25, -0.2) is 0 Å². The fraction of sp³-hybridized carbons (Fsp3) is 0.538. The Labute approximate surface area is 92.1 Å². The Hall–Kier alpha value is -1.02. The van der Waals surface area contributed by atoms with Crippen LogP contribution in [0.4, 0.5) is 5.69 Å². The molecule has 2 heteroatoms. The van der Waals surface area contributed by atoms with E-state index in [2.05, 4.69) is 31.0 Å². The molecule has 15 heavy (non-hydrogen) atoms. The molecule has 0 aliphatic heterocycles. The van der Waals surface area contributed by atoms with Crippen LogP contribution >= 0.6 is 0 Å². The number of likely N-dealkylation sites (N-methyl/N-ethyl adjacent to an activating group) is 1. The van der Waals surface area contributed by atoms with Gasteiger partial charge in [-0.2, -0.15) is 0 Å². The van der Waals surface area contributed by atoms with Crippen molar-refractivity contribution in [2.75, 3.05) is 19.3 Å². The molecule has 82 valence electrons. The van der Waals surface area contributed by atoms with Gasteiger partial charge in [0.1, 0.15) is 0 Å². The summed E-state index contributed by atoms with van der Waals surface area (Å²) >= 11 is 0. The van der Waals surface area contributed by atoms with Crippen molar-refractivity contribution in [1.82, 2.24) is 4.90 Å². The molecule has 1 aromatic carbocycles. The standard InChI is InChI=1S/C13H20N2/c1-3-15(2)11-7-8-12-10(9-11)5-4-6-13(12)14/h4-6,11H,3,7-9,14H2,1-2H3. The molecular weight excluding hydrogens is 184 g/mol. The molecule has 1 unspecified atom stereocenters. The van der Waals surface area contributed by atoms with Crippen LogP contribution in [0.2, 0.25) is 0 Å². The molecule has 1 aromatic rings. The van der Waals surface area contributed by atoms with E-state index in [4.69, 9.17) is 5.73 Å². The summed E-state index contributed by atoms with van der Waals surface area (Å²) in [4.78, 5) is 2.44. The molecule has 0 aromatic heterocycles. The Morgan fingerprint density at radius 3 is 3.00 bits per heavy atom. The number of hydrogen-bond donors (Lipinski definition) is 1. The van der Waals surface area contributed by atoms with Crippen molar-refractivity contribution in [2.45, 2.75) is 32.2 Å². The molecule has 1 aliphatic rings. The van der Waals surface area contributed by atoms with Crippen LogP contribution in [0.5, 0.6) is 0 Å². The summed E-state index contributed by atoms with van der Waals surface area (Å²) in [6.07, 6.45) is 3.53. The fourth-order valence-electron chi connectivity index (χ4n) is 2.45. The maximum Gasteiger partial charge on any atom is 0.0349 e. The summed E-state index contributed by atoms with van der Waals surface area (Å²) in [5.74, 6) is 0. The van der Waals surface area contributed by atoms with E-state index in [1.807, 2.05) is 6.07 Å². The first-order valence-corrected chi connectivity index (χ1v) is 5.79. The van der Waals surface area contributed by atoms with Crippen LogP contribution in [0, 0.1) is 0 Å². The Bertz CT molecular complexity index is 346. The lowest BCUT2D eigenvalue weighted by molar-refractivity contribution is 0.233. The average molecular weight is 204 g/mol. The van der Waals surface area contributed by atoms with Crippen LogP contribution in [0.15, 0.2) is 18.2 Å². The van der Waals surface area contributed by atoms with Gasteiger partial charge in [0.15, 0.2) is 0 Å². The number of benzene rings is 1. The fourth-order valence-corrected chi connectivity index (χ4v) is 2.45. The van der Waals surface area contributed by atoms with E-state index >= 15 is 0 Å². The van der Waals surface area contributed by atoms with E-state index in [0.717, 1.165) is 25.1 Å². The van der Waals surface area contributed by atoms with Crippen molar-refractivity contribution in [3.8, 4) is 0 Å². The lowest BCUT2D eigenvalue weighted by atomic mass is 9.86. The van der Waals surface area contributed by atoms with Gasteiger partial charge < -0.3 is 10.6 Å². The lowest BCUT2D eigenvalue weighted by Crippen LogP contribution is -2.36. The van der Waals surface area contributed by atoms with Crippen molar-refractivity contribution < 1.29 is 0 Å². The van der Waals surface area contributed by atoms with Gasteiger partial charge in [0, 0.05) is 11.7 Å². The highest BCUT2D eigenvalue weighted by molar-refractivity contribution is 5.52. The average Bonchev–Trinajstić information content (AvgIpc) is 2.28. The lowest BCUT2D eigenvalue weighted by Gasteiger charge is -2.32. The summed E-state index contributed by atoms with van der Waals surface area (Å²) in [7, 11) is 2.21. The first-order chi connectivity index (χ1) is 7.22. The first kappa shape index (κ1) is 10.5. The van der Waals surface area contributed by atoms with Gasteiger partial charge in [-0.1, -0.05) is 19.1 Å². The predicted molar refractivity (Wildman–Crippen MR) is 65.0 cm³/mol. The number of fused-ring (bicyclic) bond motifs is 1. The van der Waals surface area contributed by atoms with E-state index < -0.39 is 0 Å². The van der Waals surface area contributed by atoms with Gasteiger partial charge in [-0.05, 0) is 50.0 Å². The van der Waals surface area contributed by atoms with E-state index in [1.54, 1.807) is 0 Å². The third-order valence-corrected chi connectivity index (χ3v) is 3.61. The highest BCUT2D eigenvalue weighted by atomic mass is 15.1. The summed E-state index contributed by atoms with van der Waals surface area (Å²) in [6.45, 7) is 3.34. The predicted octanol–water partition coefficient (Wildman–Crippen LogP) is 2.08. The van der Waals surface area contributed by atoms with Gasteiger partial charge in [-0.15, -0.1) is 0 Å². The number of nitrogens with zero attached hydrogens (tertiary/aromatic N) is 1. The van der Waals surface area contributed by atoms with Gasteiger partial charge in [0.05, 0.1) is 0 Å². The molecule has 1 atom stereocenters. The smallest absolute Gasteiger partial charge is 0.0349 e. The molecule has 2 nitrogen and oxygen atoms in total. The number of hydrogen-bond acceptors (Lipinski definition) is 2. The zero-order chi connectivity index (χ0) is 10.8. The van der Waals surface area contributed by atoms with E-state index in [0.29, 0.717) is 6.04 Å². The van der Waals surface area contributed by atoms with Crippen molar-refractivity contribution in [3.05, 3.63) is 29.3 Å². The van der Waals surface area contributed by atoms with Crippen LogP contribution in [0.1, 0.15) is 24.5 Å². The third-order valence-electron chi connectivity index (χ3n) is 3.61. The third kappa shape index (κ3) is 2.00. The first-order valence-electron chi connectivity index (χ1n) is 5.79. The molecule has 0 saturated carbocycles. The van der Waals surface area contributed by atoms with Gasteiger partial charge in [-0.3, -0.25) is 0 Å². The minimum atomic E-state index is 0.698. The second kappa shape index (κ2) is 4.23. The molecule has 0 radical (unpaired) electrons. The second-order valence-corrected chi connectivity index (χ2v) is 4.45. The number of nitrogen functional groups attached to an aromatic ring is 1. The van der Waals surface area contributed by atoms with Crippen LogP contribution in [0.3, 0.4) is 0 Å². The summed E-state index contributed by atoms with van der Waals surface area (Å²) in [6, 6.07) is 7.01. The summed E-state index contributed by atoms with van der Waals surface area (Å²) < 4.78 is 0. The van der Waals surface area contributed by atoms with Crippen LogP contribution in [-0.2, 0) is 12.8 Å². The highest BCUT2D eigenvalue weighted by Crippen LogP contribution is 2.27. The number of rotatable bonds is 2. The zero-order valence-electron chi connectivity index (χ0n) is 9.66. The minimum Gasteiger partial charge on any atom is -0.398 e. The summed E-state index contributed by atoms with van der Waals surface area (Å²) in [5.41, 5.74) is 9.80. The molecular formula is C13H20N2. The van der Waals surface area contributed by atoms with E-state index in [9.17, 15) is 0 Å². The Balaban J connectivity index is 2.20. The van der Waals surface area contributed by atoms with Crippen molar-refractivity contribution in [2.24, 2.45) is 0 Å². The van der Waals surface area contributed by atoms with Crippen molar-refractivity contribution >= 4 is 5.69 Å². The van der Waals surface area contributed by atoms with E-state index in [-0.39, 0.29) is 0 Å². The molecule has 0 bridgehead atoms. The van der Waals surface area contributed by atoms with Crippen LogP contribution in [-0.4, -0.2) is 24.5 Å². The highest BCUT2D eigenvalue weighted by Gasteiger charge is 2.21. The molecule has 2 N–H and O–H groups in total. The maximum absolute atomic E-state index is 5.98. The largest absolute Gasteiger partial charge is 0.398 e. The Morgan fingerprint density at radius 2 is 2.27 bits per heavy atom. The van der Waals surface area contributed by atoms with Gasteiger partial charge in [0.25, 0.3) is 0 Å². The Kier molecular flexibility index (Phi) is 2.96. The van der Waals surface area contributed by atoms with Crippen LogP contribution < -0.4 is 5.73 Å². The van der Waals surface area contributed by atoms with E-state index in [1.165, 1.54) is 17.5 Å². The van der Waals surface area contributed by atoms with Crippen molar-refractivity contribution in [1.29, 1.82) is 0 Å². The molecule has 0 spiro atoms. The molecule has 1 aliphatic carbocycles. The molecule has 0 heterocycles. The number of nitrogens with two attached hydrogens (primary N) is 1. The number of anilines is 1.